The summed E-state index contributed by atoms with van der Waals surface area (Å²) >= 11 is 1.46. The topological polar surface area (TPSA) is 52.1 Å². The van der Waals surface area contributed by atoms with Gasteiger partial charge in [-0.25, -0.2) is 9.37 Å². The third kappa shape index (κ3) is 2.68. The quantitative estimate of drug-likeness (QED) is 0.816. The highest BCUT2D eigenvalue weighted by molar-refractivity contribution is 7.15. The Hall–Kier alpha value is -1.82. The molecule has 0 spiro atoms. The summed E-state index contributed by atoms with van der Waals surface area (Å²) in [6.45, 7) is 2.15. The molecule has 3 rings (SSSR count). The standard InChI is InChI=1S/C15H15FN2O2S/c1-2-20-15(19)10-4-3-5-12-13(10)18-14(21-12)9-6-7-17-8-11(9)16/h6-8,10H,2-5H2,1H3. The van der Waals surface area contributed by atoms with Crippen LogP contribution in [0.5, 0.6) is 0 Å². The average Bonchev–Trinajstić information content (AvgIpc) is 2.91. The van der Waals surface area contributed by atoms with Crippen molar-refractivity contribution in [2.24, 2.45) is 0 Å². The van der Waals surface area contributed by atoms with Crippen LogP contribution in [0.3, 0.4) is 0 Å². The molecule has 21 heavy (non-hydrogen) atoms. The third-order valence-corrected chi connectivity index (χ3v) is 4.69. The number of hydrogen-bond acceptors (Lipinski definition) is 5. The zero-order valence-electron chi connectivity index (χ0n) is 11.6. The maximum Gasteiger partial charge on any atom is 0.315 e. The second-order valence-electron chi connectivity index (χ2n) is 4.88. The fraction of sp³-hybridized carbons (Fsp3) is 0.400. The van der Waals surface area contributed by atoms with E-state index in [1.807, 2.05) is 0 Å². The number of hydrogen-bond donors (Lipinski definition) is 0. The molecule has 1 aliphatic rings. The van der Waals surface area contributed by atoms with E-state index in [0.29, 0.717) is 17.2 Å². The van der Waals surface area contributed by atoms with Crippen LogP contribution in [0, 0.1) is 5.82 Å². The van der Waals surface area contributed by atoms with Crippen molar-refractivity contribution < 1.29 is 13.9 Å². The summed E-state index contributed by atoms with van der Waals surface area (Å²) in [5.74, 6) is -0.939. The summed E-state index contributed by atoms with van der Waals surface area (Å²) < 4.78 is 18.9. The Bertz CT molecular complexity index is 671. The minimum absolute atomic E-state index is 0.231. The molecule has 0 radical (unpaired) electrons. The number of thiazole rings is 1. The highest BCUT2D eigenvalue weighted by Crippen LogP contribution is 2.39. The molecule has 4 nitrogen and oxygen atoms in total. The first-order chi connectivity index (χ1) is 10.2. The van der Waals surface area contributed by atoms with Gasteiger partial charge in [0.1, 0.15) is 10.9 Å². The van der Waals surface area contributed by atoms with Crippen molar-refractivity contribution in [3.8, 4) is 10.6 Å². The Balaban J connectivity index is 1.98. The number of fused-ring (bicyclic) bond motifs is 1. The lowest BCUT2D eigenvalue weighted by molar-refractivity contribution is -0.145. The van der Waals surface area contributed by atoms with Crippen LogP contribution >= 0.6 is 11.3 Å². The van der Waals surface area contributed by atoms with Gasteiger partial charge < -0.3 is 4.74 Å². The molecule has 1 atom stereocenters. The van der Waals surface area contributed by atoms with Crippen LogP contribution in [-0.4, -0.2) is 22.5 Å². The Morgan fingerprint density at radius 3 is 3.19 bits per heavy atom. The predicted molar refractivity (Wildman–Crippen MR) is 77.6 cm³/mol. The number of nitrogens with zero attached hydrogens (tertiary/aromatic N) is 2. The van der Waals surface area contributed by atoms with Crippen molar-refractivity contribution in [3.05, 3.63) is 34.8 Å². The molecule has 0 fully saturated rings. The van der Waals surface area contributed by atoms with E-state index < -0.39 is 5.82 Å². The lowest BCUT2D eigenvalue weighted by Gasteiger charge is -2.19. The van der Waals surface area contributed by atoms with Gasteiger partial charge in [-0.2, -0.15) is 0 Å². The number of halogens is 1. The lowest BCUT2D eigenvalue weighted by Crippen LogP contribution is -2.20. The summed E-state index contributed by atoms with van der Waals surface area (Å²) in [5.41, 5.74) is 1.20. The van der Waals surface area contributed by atoms with Crippen molar-refractivity contribution >= 4 is 17.3 Å². The molecule has 1 aliphatic carbocycles. The van der Waals surface area contributed by atoms with Gasteiger partial charge in [0.15, 0.2) is 5.82 Å². The highest BCUT2D eigenvalue weighted by Gasteiger charge is 2.31. The third-order valence-electron chi connectivity index (χ3n) is 3.53. The summed E-state index contributed by atoms with van der Waals surface area (Å²) in [6, 6.07) is 1.61. The molecule has 2 aromatic rings. The average molecular weight is 306 g/mol. The summed E-state index contributed by atoms with van der Waals surface area (Å²) in [4.78, 5) is 21.4. The van der Waals surface area contributed by atoms with Gasteiger partial charge >= 0.3 is 5.97 Å². The molecular formula is C15H15FN2O2S. The number of esters is 1. The van der Waals surface area contributed by atoms with Crippen LogP contribution in [-0.2, 0) is 16.0 Å². The molecule has 0 N–H and O–H groups in total. The monoisotopic (exact) mass is 306 g/mol. The van der Waals surface area contributed by atoms with E-state index in [0.717, 1.165) is 29.8 Å². The van der Waals surface area contributed by atoms with Crippen molar-refractivity contribution in [3.63, 3.8) is 0 Å². The van der Waals surface area contributed by atoms with Gasteiger partial charge in [-0.3, -0.25) is 9.78 Å². The van der Waals surface area contributed by atoms with Gasteiger partial charge in [0.2, 0.25) is 0 Å². The molecular weight excluding hydrogens is 291 g/mol. The largest absolute Gasteiger partial charge is 0.465 e. The van der Waals surface area contributed by atoms with Crippen molar-refractivity contribution in [2.75, 3.05) is 6.61 Å². The SMILES string of the molecule is CCOC(=O)C1CCCc2sc(-c3ccncc3F)nc21. The van der Waals surface area contributed by atoms with Gasteiger partial charge in [0.05, 0.1) is 18.5 Å². The number of aromatic nitrogens is 2. The molecule has 2 aromatic heterocycles. The normalized spacial score (nSPS) is 17.3. The number of ether oxygens (including phenoxy) is 1. The maximum atomic E-state index is 13.8. The molecule has 0 amide bonds. The Kier molecular flexibility index (Phi) is 3.96. The van der Waals surface area contributed by atoms with Crippen LogP contribution in [0.2, 0.25) is 0 Å². The molecule has 110 valence electrons. The Morgan fingerprint density at radius 1 is 1.57 bits per heavy atom. The molecule has 0 bridgehead atoms. The first-order valence-corrected chi connectivity index (χ1v) is 7.78. The smallest absolute Gasteiger partial charge is 0.315 e. The fourth-order valence-electron chi connectivity index (χ4n) is 2.55. The molecule has 0 aliphatic heterocycles. The van der Waals surface area contributed by atoms with E-state index in [-0.39, 0.29) is 11.9 Å². The molecule has 2 heterocycles. The van der Waals surface area contributed by atoms with Gasteiger partial charge in [-0.05, 0) is 32.3 Å². The predicted octanol–water partition coefficient (Wildman–Crippen LogP) is 3.33. The summed E-state index contributed by atoms with van der Waals surface area (Å²) in [5, 5.41) is 0.607. The highest BCUT2D eigenvalue weighted by atomic mass is 32.1. The number of rotatable bonds is 3. The zero-order valence-corrected chi connectivity index (χ0v) is 12.5. The van der Waals surface area contributed by atoms with Gasteiger partial charge in [-0.1, -0.05) is 0 Å². The van der Waals surface area contributed by atoms with E-state index in [1.165, 1.54) is 17.5 Å². The first-order valence-electron chi connectivity index (χ1n) is 6.96. The number of carbonyl (C=O) groups excluding carboxylic acids is 1. The summed E-state index contributed by atoms with van der Waals surface area (Å²) in [7, 11) is 0. The van der Waals surface area contributed by atoms with Crippen LogP contribution < -0.4 is 0 Å². The number of carbonyl (C=O) groups is 1. The van der Waals surface area contributed by atoms with Crippen LogP contribution in [0.15, 0.2) is 18.5 Å². The van der Waals surface area contributed by atoms with E-state index in [4.69, 9.17) is 4.74 Å². The van der Waals surface area contributed by atoms with Crippen LogP contribution in [0.4, 0.5) is 4.39 Å². The zero-order chi connectivity index (χ0) is 14.8. The molecule has 1 unspecified atom stereocenters. The van der Waals surface area contributed by atoms with E-state index >= 15 is 0 Å². The molecule has 0 aromatic carbocycles. The molecule has 0 saturated carbocycles. The van der Waals surface area contributed by atoms with E-state index in [2.05, 4.69) is 9.97 Å². The van der Waals surface area contributed by atoms with Gasteiger partial charge in [0, 0.05) is 16.6 Å². The van der Waals surface area contributed by atoms with Crippen LogP contribution in [0.25, 0.3) is 10.6 Å². The first kappa shape index (κ1) is 14.1. The second-order valence-corrected chi connectivity index (χ2v) is 5.96. The number of aryl methyl sites for hydroxylation is 1. The van der Waals surface area contributed by atoms with Crippen LogP contribution in [0.1, 0.15) is 36.3 Å². The minimum atomic E-state index is -0.392. The lowest BCUT2D eigenvalue weighted by atomic mass is 9.91. The minimum Gasteiger partial charge on any atom is -0.465 e. The fourth-order valence-corrected chi connectivity index (χ4v) is 3.75. The van der Waals surface area contributed by atoms with Crippen molar-refractivity contribution in [2.45, 2.75) is 32.1 Å². The van der Waals surface area contributed by atoms with Crippen molar-refractivity contribution in [1.29, 1.82) is 0 Å². The van der Waals surface area contributed by atoms with Gasteiger partial charge in [-0.15, -0.1) is 11.3 Å². The number of pyridine rings is 1. The van der Waals surface area contributed by atoms with Gasteiger partial charge in [0.25, 0.3) is 0 Å². The second kappa shape index (κ2) is 5.89. The maximum absolute atomic E-state index is 13.8. The summed E-state index contributed by atoms with van der Waals surface area (Å²) in [6.07, 6.45) is 5.28. The Labute approximate surface area is 126 Å². The molecule has 6 heteroatoms. The molecule has 0 saturated heterocycles. The van der Waals surface area contributed by atoms with Crippen molar-refractivity contribution in [1.82, 2.24) is 9.97 Å². The van der Waals surface area contributed by atoms with E-state index in [1.54, 1.807) is 19.2 Å². The van der Waals surface area contributed by atoms with E-state index in [9.17, 15) is 9.18 Å². The Morgan fingerprint density at radius 2 is 2.43 bits per heavy atom.